The highest BCUT2D eigenvalue weighted by molar-refractivity contribution is 6.01. The molecule has 2 aromatic carbocycles. The predicted octanol–water partition coefficient (Wildman–Crippen LogP) is 3.89. The van der Waals surface area contributed by atoms with Gasteiger partial charge < -0.3 is 19.7 Å². The summed E-state index contributed by atoms with van der Waals surface area (Å²) in [6.07, 6.45) is -0.961. The van der Waals surface area contributed by atoms with Gasteiger partial charge in [-0.05, 0) is 43.7 Å². The first-order valence-corrected chi connectivity index (χ1v) is 8.69. The molecular weight excluding hydrogens is 344 g/mol. The van der Waals surface area contributed by atoms with Crippen LogP contribution in [0.5, 0.6) is 5.75 Å². The molecule has 0 bridgehead atoms. The number of rotatable bonds is 6. The molecule has 3 aromatic rings. The lowest BCUT2D eigenvalue weighted by molar-refractivity contribution is 0.0927. The van der Waals surface area contributed by atoms with Gasteiger partial charge in [0.25, 0.3) is 5.91 Å². The van der Waals surface area contributed by atoms with Crippen molar-refractivity contribution in [3.8, 4) is 17.0 Å². The minimum atomic E-state index is -0.961. The Hall–Kier alpha value is -3.12. The second kappa shape index (κ2) is 8.05. The number of carbonyl (C=O) groups is 1. The molecule has 0 spiro atoms. The first-order chi connectivity index (χ1) is 13.0. The number of amides is 1. The highest BCUT2D eigenvalue weighted by atomic mass is 16.5. The van der Waals surface area contributed by atoms with Crippen molar-refractivity contribution < 1.29 is 19.2 Å². The number of carbonyl (C=O) groups excluding carboxylic acids is 1. The Bertz CT molecular complexity index is 902. The zero-order chi connectivity index (χ0) is 19.4. The van der Waals surface area contributed by atoms with Crippen LogP contribution in [0.2, 0.25) is 0 Å². The quantitative estimate of drug-likeness (QED) is 0.691. The number of aliphatic hydroxyl groups is 1. The van der Waals surface area contributed by atoms with Crippen LogP contribution in [0.15, 0.2) is 59.1 Å². The lowest BCUT2D eigenvalue weighted by Crippen LogP contribution is -2.27. The van der Waals surface area contributed by atoms with E-state index >= 15 is 0 Å². The summed E-state index contributed by atoms with van der Waals surface area (Å²) in [6.45, 7) is 3.44. The average molecular weight is 366 g/mol. The van der Waals surface area contributed by atoms with Gasteiger partial charge >= 0.3 is 0 Å². The third-order valence-corrected chi connectivity index (χ3v) is 4.34. The van der Waals surface area contributed by atoms with Crippen LogP contribution in [0.1, 0.15) is 47.7 Å². The van der Waals surface area contributed by atoms with Crippen molar-refractivity contribution in [2.24, 2.45) is 0 Å². The molecule has 6 nitrogen and oxygen atoms in total. The molecular formula is C21H22N2O4. The van der Waals surface area contributed by atoms with Gasteiger partial charge in [-0.3, -0.25) is 4.79 Å². The Balaban J connectivity index is 1.94. The maximum atomic E-state index is 13.0. The summed E-state index contributed by atoms with van der Waals surface area (Å²) in [5.41, 5.74) is 2.29. The van der Waals surface area contributed by atoms with E-state index < -0.39 is 6.10 Å². The first kappa shape index (κ1) is 18.7. The topological polar surface area (TPSA) is 84.6 Å². The number of methoxy groups -OCH3 is 1. The summed E-state index contributed by atoms with van der Waals surface area (Å²) in [7, 11) is 1.58. The van der Waals surface area contributed by atoms with E-state index in [1.807, 2.05) is 37.3 Å². The standard InChI is InChI=1S/C21H22N2O4/c1-13(15-7-5-4-6-8-15)22-21(25)18-19(23-27-20(18)14(2)24)16-9-11-17(26-3)12-10-16/h4-14,24H,1-3H3,(H,22,25)/t13-,14+/m1/s1. The van der Waals surface area contributed by atoms with Crippen LogP contribution in [0.4, 0.5) is 0 Å². The van der Waals surface area contributed by atoms with Gasteiger partial charge in [-0.1, -0.05) is 35.5 Å². The molecule has 0 unspecified atom stereocenters. The van der Waals surface area contributed by atoms with Gasteiger partial charge in [-0.25, -0.2) is 0 Å². The number of aromatic nitrogens is 1. The van der Waals surface area contributed by atoms with Crippen molar-refractivity contribution in [2.45, 2.75) is 26.0 Å². The zero-order valence-electron chi connectivity index (χ0n) is 15.5. The number of nitrogens with zero attached hydrogens (tertiary/aromatic N) is 1. The fourth-order valence-electron chi connectivity index (χ4n) is 2.85. The van der Waals surface area contributed by atoms with E-state index in [0.717, 1.165) is 5.56 Å². The number of hydrogen-bond donors (Lipinski definition) is 2. The van der Waals surface area contributed by atoms with Crippen molar-refractivity contribution in [3.63, 3.8) is 0 Å². The number of aliphatic hydroxyl groups excluding tert-OH is 1. The fourth-order valence-corrected chi connectivity index (χ4v) is 2.85. The normalized spacial score (nSPS) is 13.0. The van der Waals surface area contributed by atoms with E-state index in [9.17, 15) is 9.90 Å². The summed E-state index contributed by atoms with van der Waals surface area (Å²) >= 11 is 0. The maximum Gasteiger partial charge on any atom is 0.257 e. The second-order valence-electron chi connectivity index (χ2n) is 6.28. The van der Waals surface area contributed by atoms with E-state index in [1.54, 1.807) is 31.4 Å². The van der Waals surface area contributed by atoms with Crippen LogP contribution in [0, 0.1) is 0 Å². The summed E-state index contributed by atoms with van der Waals surface area (Å²) < 4.78 is 10.4. The summed E-state index contributed by atoms with van der Waals surface area (Å²) in [4.78, 5) is 13.0. The zero-order valence-corrected chi connectivity index (χ0v) is 15.5. The largest absolute Gasteiger partial charge is 0.497 e. The highest BCUT2D eigenvalue weighted by Crippen LogP contribution is 2.30. The summed E-state index contributed by atoms with van der Waals surface area (Å²) in [5, 5.41) is 17.0. The number of benzene rings is 2. The molecule has 6 heteroatoms. The minimum absolute atomic E-state index is 0.138. The van der Waals surface area contributed by atoms with Crippen LogP contribution in [0.25, 0.3) is 11.3 Å². The molecule has 140 valence electrons. The van der Waals surface area contributed by atoms with Gasteiger partial charge in [0.2, 0.25) is 0 Å². The van der Waals surface area contributed by atoms with Crippen LogP contribution in [-0.2, 0) is 0 Å². The van der Waals surface area contributed by atoms with Crippen molar-refractivity contribution >= 4 is 5.91 Å². The molecule has 0 saturated heterocycles. The average Bonchev–Trinajstić information content (AvgIpc) is 3.14. The van der Waals surface area contributed by atoms with Crippen LogP contribution >= 0.6 is 0 Å². The van der Waals surface area contributed by atoms with Gasteiger partial charge in [0.05, 0.1) is 13.2 Å². The van der Waals surface area contributed by atoms with Crippen LogP contribution in [0.3, 0.4) is 0 Å². The van der Waals surface area contributed by atoms with Crippen molar-refractivity contribution in [2.75, 3.05) is 7.11 Å². The molecule has 3 rings (SSSR count). The lowest BCUT2D eigenvalue weighted by atomic mass is 10.0. The molecule has 0 aliphatic rings. The van der Waals surface area contributed by atoms with Gasteiger partial charge in [0, 0.05) is 5.56 Å². The van der Waals surface area contributed by atoms with E-state index in [-0.39, 0.29) is 23.3 Å². The molecule has 2 atom stereocenters. The minimum Gasteiger partial charge on any atom is -0.497 e. The van der Waals surface area contributed by atoms with Gasteiger partial charge in [-0.2, -0.15) is 0 Å². The SMILES string of the molecule is COc1ccc(-c2noc([C@H](C)O)c2C(=O)N[C@H](C)c2ccccc2)cc1. The second-order valence-corrected chi connectivity index (χ2v) is 6.28. The first-order valence-electron chi connectivity index (χ1n) is 8.69. The maximum absolute atomic E-state index is 13.0. The predicted molar refractivity (Wildman–Crippen MR) is 101 cm³/mol. The molecule has 27 heavy (non-hydrogen) atoms. The molecule has 2 N–H and O–H groups in total. The van der Waals surface area contributed by atoms with E-state index in [0.29, 0.717) is 17.0 Å². The van der Waals surface area contributed by atoms with Crippen LogP contribution in [-0.4, -0.2) is 23.3 Å². The molecule has 0 fully saturated rings. The summed E-state index contributed by atoms with van der Waals surface area (Å²) in [5.74, 6) is 0.481. The smallest absolute Gasteiger partial charge is 0.257 e. The number of nitrogens with one attached hydrogen (secondary N) is 1. The van der Waals surface area contributed by atoms with E-state index in [2.05, 4.69) is 10.5 Å². The van der Waals surface area contributed by atoms with Gasteiger partial charge in [0.15, 0.2) is 5.76 Å². The van der Waals surface area contributed by atoms with Crippen molar-refractivity contribution in [3.05, 3.63) is 71.5 Å². The fraction of sp³-hybridized carbons (Fsp3) is 0.238. The van der Waals surface area contributed by atoms with E-state index in [1.165, 1.54) is 6.92 Å². The third-order valence-electron chi connectivity index (χ3n) is 4.34. The Morgan fingerprint density at radius 3 is 2.37 bits per heavy atom. The number of ether oxygens (including phenoxy) is 1. The van der Waals surface area contributed by atoms with E-state index in [4.69, 9.17) is 9.26 Å². The van der Waals surface area contributed by atoms with Gasteiger partial charge in [0.1, 0.15) is 23.1 Å². The Kier molecular flexibility index (Phi) is 5.57. The molecule has 0 saturated carbocycles. The number of hydrogen-bond acceptors (Lipinski definition) is 5. The molecule has 1 amide bonds. The highest BCUT2D eigenvalue weighted by Gasteiger charge is 2.27. The summed E-state index contributed by atoms with van der Waals surface area (Å²) in [6, 6.07) is 16.6. The molecule has 1 aromatic heterocycles. The van der Waals surface area contributed by atoms with Crippen LogP contribution < -0.4 is 10.1 Å². The molecule has 0 radical (unpaired) electrons. The Morgan fingerprint density at radius 1 is 1.11 bits per heavy atom. The van der Waals surface area contributed by atoms with Crippen molar-refractivity contribution in [1.29, 1.82) is 0 Å². The Morgan fingerprint density at radius 2 is 1.78 bits per heavy atom. The van der Waals surface area contributed by atoms with Gasteiger partial charge in [-0.15, -0.1) is 0 Å². The molecule has 1 heterocycles. The molecule has 0 aliphatic heterocycles. The Labute approximate surface area is 157 Å². The lowest BCUT2D eigenvalue weighted by Gasteiger charge is -2.15. The van der Waals surface area contributed by atoms with Crippen molar-refractivity contribution in [1.82, 2.24) is 10.5 Å². The third kappa shape index (κ3) is 4.01. The molecule has 0 aliphatic carbocycles. The monoisotopic (exact) mass is 366 g/mol.